The summed E-state index contributed by atoms with van der Waals surface area (Å²) in [5.41, 5.74) is 0.778. The Balaban J connectivity index is 2.31. The first-order valence-electron chi connectivity index (χ1n) is 5.71. The molecule has 0 saturated heterocycles. The second-order valence-electron chi connectivity index (χ2n) is 4.40. The van der Waals surface area contributed by atoms with Crippen LogP contribution in [0.2, 0.25) is 0 Å². The zero-order chi connectivity index (χ0) is 14.9. The molecule has 1 aromatic carbocycles. The van der Waals surface area contributed by atoms with Crippen molar-refractivity contribution in [2.75, 3.05) is 18.4 Å². The summed E-state index contributed by atoms with van der Waals surface area (Å²) in [5.74, 6) is -1.86. The van der Waals surface area contributed by atoms with Crippen molar-refractivity contribution in [1.29, 1.82) is 0 Å². The number of carbonyl (C=O) groups is 2. The van der Waals surface area contributed by atoms with Gasteiger partial charge in [0.2, 0.25) is 5.91 Å². The van der Waals surface area contributed by atoms with Crippen LogP contribution < -0.4 is 5.32 Å². The van der Waals surface area contributed by atoms with E-state index in [0.717, 1.165) is 0 Å². The molecular formula is C12H11F3N2O3. The monoisotopic (exact) mass is 288 g/mol. The molecule has 2 N–H and O–H groups in total. The molecule has 8 heteroatoms. The molecular weight excluding hydrogens is 277 g/mol. The molecule has 108 valence electrons. The number of rotatable bonds is 2. The molecule has 0 bridgehead atoms. The minimum absolute atomic E-state index is 0.0353. The number of carboxylic acid groups (broad SMARTS) is 1. The van der Waals surface area contributed by atoms with Gasteiger partial charge in [-0.3, -0.25) is 4.79 Å². The van der Waals surface area contributed by atoms with Crippen LogP contribution in [0.15, 0.2) is 18.2 Å². The molecule has 1 aliphatic rings. The number of hydrogen-bond donors (Lipinski definition) is 2. The van der Waals surface area contributed by atoms with Crippen molar-refractivity contribution in [2.24, 2.45) is 0 Å². The Bertz CT molecular complexity index is 557. The fourth-order valence-corrected chi connectivity index (χ4v) is 1.97. The van der Waals surface area contributed by atoms with E-state index in [-0.39, 0.29) is 18.7 Å². The van der Waals surface area contributed by atoms with Gasteiger partial charge in [-0.2, -0.15) is 13.2 Å². The molecule has 1 aliphatic heterocycles. The lowest BCUT2D eigenvalue weighted by molar-refractivity contribution is -0.161. The summed E-state index contributed by atoms with van der Waals surface area (Å²) in [6.45, 7) is -1.89. The van der Waals surface area contributed by atoms with E-state index in [1.54, 1.807) is 0 Å². The fourth-order valence-electron chi connectivity index (χ4n) is 1.97. The van der Waals surface area contributed by atoms with Gasteiger partial charge in [0.25, 0.3) is 0 Å². The Morgan fingerprint density at radius 2 is 2.10 bits per heavy atom. The molecule has 0 unspecified atom stereocenters. The van der Waals surface area contributed by atoms with E-state index in [1.165, 1.54) is 18.2 Å². The van der Waals surface area contributed by atoms with Crippen molar-refractivity contribution in [3.8, 4) is 0 Å². The minimum Gasteiger partial charge on any atom is -0.478 e. The van der Waals surface area contributed by atoms with E-state index in [2.05, 4.69) is 5.32 Å². The molecule has 0 atom stereocenters. The average molecular weight is 288 g/mol. The van der Waals surface area contributed by atoms with Crippen LogP contribution in [0.25, 0.3) is 0 Å². The van der Waals surface area contributed by atoms with Crippen molar-refractivity contribution in [3.05, 3.63) is 29.3 Å². The molecule has 20 heavy (non-hydrogen) atoms. The summed E-state index contributed by atoms with van der Waals surface area (Å²) < 4.78 is 37.3. The summed E-state index contributed by atoms with van der Waals surface area (Å²) in [6, 6.07) is 4.05. The van der Waals surface area contributed by atoms with Crippen LogP contribution in [-0.4, -0.2) is 41.1 Å². The predicted molar refractivity (Wildman–Crippen MR) is 63.4 cm³/mol. The zero-order valence-corrected chi connectivity index (χ0v) is 10.2. The molecule has 0 aliphatic carbocycles. The number of amides is 1. The van der Waals surface area contributed by atoms with Gasteiger partial charge in [0.05, 0.1) is 12.1 Å². The highest BCUT2D eigenvalue weighted by atomic mass is 19.4. The molecule has 0 saturated carbocycles. The first-order valence-corrected chi connectivity index (χ1v) is 5.71. The number of nitrogens with one attached hydrogen (secondary N) is 1. The first-order chi connectivity index (χ1) is 9.26. The van der Waals surface area contributed by atoms with Gasteiger partial charge in [0.1, 0.15) is 6.54 Å². The molecule has 0 fully saturated rings. The highest BCUT2D eigenvalue weighted by Crippen LogP contribution is 2.25. The standard InChI is InChI=1S/C12H11F3N2O3/c13-12(14,15)6-17-5-8-3-7(11(19)20)1-2-9(8)16-4-10(17)18/h1-3,16H,4-6H2,(H,19,20). The topological polar surface area (TPSA) is 69.6 Å². The lowest BCUT2D eigenvalue weighted by Gasteiger charge is -2.22. The summed E-state index contributed by atoms with van der Waals surface area (Å²) >= 11 is 0. The van der Waals surface area contributed by atoms with Crippen LogP contribution >= 0.6 is 0 Å². The second-order valence-corrected chi connectivity index (χ2v) is 4.40. The highest BCUT2D eigenvalue weighted by Gasteiger charge is 2.34. The molecule has 2 rings (SSSR count). The quantitative estimate of drug-likeness (QED) is 0.869. The lowest BCUT2D eigenvalue weighted by atomic mass is 10.1. The summed E-state index contributed by atoms with van der Waals surface area (Å²) in [7, 11) is 0. The van der Waals surface area contributed by atoms with Crippen molar-refractivity contribution >= 4 is 17.6 Å². The minimum atomic E-state index is -4.50. The summed E-state index contributed by atoms with van der Waals surface area (Å²) in [6.07, 6.45) is -4.50. The van der Waals surface area contributed by atoms with E-state index < -0.39 is 24.6 Å². The highest BCUT2D eigenvalue weighted by molar-refractivity contribution is 5.89. The predicted octanol–water partition coefficient (Wildman–Crippen LogP) is 1.70. The van der Waals surface area contributed by atoms with Crippen LogP contribution in [0, 0.1) is 0 Å². The van der Waals surface area contributed by atoms with E-state index in [4.69, 9.17) is 5.11 Å². The van der Waals surface area contributed by atoms with Gasteiger partial charge >= 0.3 is 12.1 Å². The average Bonchev–Trinajstić information content (AvgIpc) is 2.47. The van der Waals surface area contributed by atoms with Gasteiger partial charge in [-0.15, -0.1) is 0 Å². The summed E-state index contributed by atoms with van der Waals surface area (Å²) in [4.78, 5) is 23.2. The van der Waals surface area contributed by atoms with Crippen molar-refractivity contribution < 1.29 is 27.9 Å². The van der Waals surface area contributed by atoms with Crippen LogP contribution in [0.1, 0.15) is 15.9 Å². The normalized spacial score (nSPS) is 15.3. The number of hydrogen-bond acceptors (Lipinski definition) is 3. The maximum absolute atomic E-state index is 12.4. The largest absolute Gasteiger partial charge is 0.478 e. The van der Waals surface area contributed by atoms with E-state index in [0.29, 0.717) is 16.2 Å². The van der Waals surface area contributed by atoms with Crippen molar-refractivity contribution in [3.63, 3.8) is 0 Å². The van der Waals surface area contributed by atoms with Gasteiger partial charge in [-0.05, 0) is 23.8 Å². The zero-order valence-electron chi connectivity index (χ0n) is 10.2. The SMILES string of the molecule is O=C(O)c1ccc2c(c1)CN(CC(F)(F)F)C(=O)CN2. The number of halogens is 3. The maximum atomic E-state index is 12.4. The third kappa shape index (κ3) is 3.19. The molecule has 0 radical (unpaired) electrons. The number of fused-ring (bicyclic) bond motifs is 1. The Labute approximate surface area is 112 Å². The smallest absolute Gasteiger partial charge is 0.406 e. The van der Waals surface area contributed by atoms with Crippen LogP contribution in [0.3, 0.4) is 0 Å². The number of carboxylic acids is 1. The van der Waals surface area contributed by atoms with Crippen LogP contribution in [-0.2, 0) is 11.3 Å². The third-order valence-corrected chi connectivity index (χ3v) is 2.87. The number of anilines is 1. The van der Waals surface area contributed by atoms with E-state index >= 15 is 0 Å². The molecule has 0 aromatic heterocycles. The Kier molecular flexibility index (Phi) is 3.56. The lowest BCUT2D eigenvalue weighted by Crippen LogP contribution is -2.39. The second kappa shape index (κ2) is 5.03. The Morgan fingerprint density at radius 3 is 2.70 bits per heavy atom. The molecule has 1 amide bonds. The third-order valence-electron chi connectivity index (χ3n) is 2.87. The number of carbonyl (C=O) groups excluding carboxylic acids is 1. The van der Waals surface area contributed by atoms with Gasteiger partial charge in [0, 0.05) is 12.2 Å². The van der Waals surface area contributed by atoms with Crippen molar-refractivity contribution in [2.45, 2.75) is 12.7 Å². The number of nitrogens with zero attached hydrogens (tertiary/aromatic N) is 1. The van der Waals surface area contributed by atoms with Gasteiger partial charge in [0.15, 0.2) is 0 Å². The summed E-state index contributed by atoms with van der Waals surface area (Å²) in [5, 5.41) is 11.6. The van der Waals surface area contributed by atoms with Crippen molar-refractivity contribution in [1.82, 2.24) is 4.90 Å². The van der Waals surface area contributed by atoms with Gasteiger partial charge in [-0.1, -0.05) is 0 Å². The number of alkyl halides is 3. The molecule has 1 heterocycles. The first kappa shape index (κ1) is 14.2. The number of benzene rings is 1. The Morgan fingerprint density at radius 1 is 1.40 bits per heavy atom. The fraction of sp³-hybridized carbons (Fsp3) is 0.333. The van der Waals surface area contributed by atoms with E-state index in [9.17, 15) is 22.8 Å². The Hall–Kier alpha value is -2.25. The maximum Gasteiger partial charge on any atom is 0.406 e. The van der Waals surface area contributed by atoms with E-state index in [1.807, 2.05) is 0 Å². The van der Waals surface area contributed by atoms with Crippen LogP contribution in [0.5, 0.6) is 0 Å². The molecule has 1 aromatic rings. The van der Waals surface area contributed by atoms with Crippen LogP contribution in [0.4, 0.5) is 18.9 Å². The van der Waals surface area contributed by atoms with Gasteiger partial charge in [-0.25, -0.2) is 4.79 Å². The number of aromatic carboxylic acids is 1. The molecule has 0 spiro atoms. The molecule has 5 nitrogen and oxygen atoms in total. The van der Waals surface area contributed by atoms with Gasteiger partial charge < -0.3 is 15.3 Å².